The normalized spacial score (nSPS) is 14.4. The SMILES string of the molecule is Cc1nc(N2CCCOc3ccccc32)ccc1CO. The summed E-state index contributed by atoms with van der Waals surface area (Å²) in [6.45, 7) is 3.55. The molecular formula is C16H18N2O2. The summed E-state index contributed by atoms with van der Waals surface area (Å²) in [5.74, 6) is 1.80. The van der Waals surface area contributed by atoms with Gasteiger partial charge in [0.2, 0.25) is 0 Å². The number of aliphatic hydroxyl groups is 1. The maximum atomic E-state index is 9.25. The number of anilines is 2. The highest BCUT2D eigenvalue weighted by Crippen LogP contribution is 2.35. The molecule has 0 atom stereocenters. The summed E-state index contributed by atoms with van der Waals surface area (Å²) in [5, 5.41) is 9.25. The van der Waals surface area contributed by atoms with Crippen molar-refractivity contribution in [2.24, 2.45) is 0 Å². The highest BCUT2D eigenvalue weighted by molar-refractivity contribution is 5.67. The van der Waals surface area contributed by atoms with E-state index in [9.17, 15) is 5.11 Å². The van der Waals surface area contributed by atoms with E-state index >= 15 is 0 Å². The van der Waals surface area contributed by atoms with Crippen LogP contribution in [0.1, 0.15) is 17.7 Å². The Labute approximate surface area is 118 Å². The van der Waals surface area contributed by atoms with Crippen molar-refractivity contribution in [1.82, 2.24) is 4.98 Å². The summed E-state index contributed by atoms with van der Waals surface area (Å²) in [6, 6.07) is 11.9. The number of hydrogen-bond acceptors (Lipinski definition) is 4. The number of rotatable bonds is 2. The fourth-order valence-electron chi connectivity index (χ4n) is 2.46. The van der Waals surface area contributed by atoms with E-state index < -0.39 is 0 Å². The Morgan fingerprint density at radius 3 is 2.90 bits per heavy atom. The topological polar surface area (TPSA) is 45.6 Å². The Morgan fingerprint density at radius 2 is 2.10 bits per heavy atom. The summed E-state index contributed by atoms with van der Waals surface area (Å²) < 4.78 is 5.77. The van der Waals surface area contributed by atoms with Crippen molar-refractivity contribution in [2.75, 3.05) is 18.1 Å². The van der Waals surface area contributed by atoms with Gasteiger partial charge in [0.05, 0.1) is 18.9 Å². The van der Waals surface area contributed by atoms with Gasteiger partial charge >= 0.3 is 0 Å². The second-order valence-electron chi connectivity index (χ2n) is 4.89. The lowest BCUT2D eigenvalue weighted by Crippen LogP contribution is -2.19. The molecule has 1 N–H and O–H groups in total. The van der Waals surface area contributed by atoms with E-state index in [4.69, 9.17) is 4.74 Å². The van der Waals surface area contributed by atoms with Crippen LogP contribution >= 0.6 is 0 Å². The predicted octanol–water partition coefficient (Wildman–Crippen LogP) is 2.80. The molecule has 1 aliphatic heterocycles. The van der Waals surface area contributed by atoms with Crippen molar-refractivity contribution in [2.45, 2.75) is 20.0 Å². The van der Waals surface area contributed by atoms with Gasteiger partial charge in [-0.25, -0.2) is 4.98 Å². The molecule has 0 aliphatic carbocycles. The molecule has 0 fully saturated rings. The zero-order valence-electron chi connectivity index (χ0n) is 11.5. The Balaban J connectivity index is 2.03. The van der Waals surface area contributed by atoms with E-state index in [0.717, 1.165) is 48.1 Å². The summed E-state index contributed by atoms with van der Waals surface area (Å²) in [6.07, 6.45) is 0.956. The highest BCUT2D eigenvalue weighted by atomic mass is 16.5. The summed E-state index contributed by atoms with van der Waals surface area (Å²) in [4.78, 5) is 6.80. The minimum Gasteiger partial charge on any atom is -0.491 e. The van der Waals surface area contributed by atoms with Gasteiger partial charge in [0.1, 0.15) is 11.6 Å². The highest BCUT2D eigenvalue weighted by Gasteiger charge is 2.18. The van der Waals surface area contributed by atoms with Gasteiger partial charge in [-0.3, -0.25) is 0 Å². The van der Waals surface area contributed by atoms with Gasteiger partial charge in [0.15, 0.2) is 0 Å². The molecule has 3 rings (SSSR count). The minimum absolute atomic E-state index is 0.0266. The quantitative estimate of drug-likeness (QED) is 0.911. The molecule has 1 aromatic heterocycles. The smallest absolute Gasteiger partial charge is 0.142 e. The van der Waals surface area contributed by atoms with Crippen LogP contribution in [0.2, 0.25) is 0 Å². The lowest BCUT2D eigenvalue weighted by Gasteiger charge is -2.23. The third-order valence-electron chi connectivity index (χ3n) is 3.57. The Kier molecular flexibility index (Phi) is 3.56. The molecule has 2 heterocycles. The van der Waals surface area contributed by atoms with Gasteiger partial charge in [-0.15, -0.1) is 0 Å². The predicted molar refractivity (Wildman–Crippen MR) is 78.5 cm³/mol. The molecule has 1 aromatic carbocycles. The summed E-state index contributed by atoms with van der Waals surface area (Å²) in [7, 11) is 0. The van der Waals surface area contributed by atoms with Crippen LogP contribution in [0.15, 0.2) is 36.4 Å². The van der Waals surface area contributed by atoms with E-state index in [1.165, 1.54) is 0 Å². The van der Waals surface area contributed by atoms with Crippen LogP contribution in [-0.4, -0.2) is 23.2 Å². The minimum atomic E-state index is 0.0266. The zero-order valence-corrected chi connectivity index (χ0v) is 11.5. The van der Waals surface area contributed by atoms with E-state index in [1.807, 2.05) is 37.3 Å². The largest absolute Gasteiger partial charge is 0.491 e. The van der Waals surface area contributed by atoms with Gasteiger partial charge in [-0.1, -0.05) is 18.2 Å². The number of nitrogens with zero attached hydrogens (tertiary/aromatic N) is 2. The number of hydrogen-bond donors (Lipinski definition) is 1. The van der Waals surface area contributed by atoms with Crippen molar-refractivity contribution in [1.29, 1.82) is 0 Å². The van der Waals surface area contributed by atoms with Crippen LogP contribution in [0.25, 0.3) is 0 Å². The molecule has 0 spiro atoms. The third kappa shape index (κ3) is 2.34. The number of para-hydroxylation sites is 2. The van der Waals surface area contributed by atoms with E-state index in [-0.39, 0.29) is 6.61 Å². The monoisotopic (exact) mass is 270 g/mol. The molecular weight excluding hydrogens is 252 g/mol. The van der Waals surface area contributed by atoms with Crippen LogP contribution in [0, 0.1) is 6.92 Å². The molecule has 0 amide bonds. The van der Waals surface area contributed by atoms with Crippen molar-refractivity contribution in [3.05, 3.63) is 47.7 Å². The second-order valence-corrected chi connectivity index (χ2v) is 4.89. The first-order valence-corrected chi connectivity index (χ1v) is 6.86. The second kappa shape index (κ2) is 5.51. The Morgan fingerprint density at radius 1 is 1.25 bits per heavy atom. The first-order valence-electron chi connectivity index (χ1n) is 6.86. The number of pyridine rings is 1. The Hall–Kier alpha value is -2.07. The Bertz CT molecular complexity index is 613. The van der Waals surface area contributed by atoms with Crippen LogP contribution in [0.4, 0.5) is 11.5 Å². The van der Waals surface area contributed by atoms with Gasteiger partial charge in [0.25, 0.3) is 0 Å². The van der Waals surface area contributed by atoms with E-state index in [0.29, 0.717) is 0 Å². The molecule has 0 saturated heterocycles. The van der Waals surface area contributed by atoms with Crippen LogP contribution in [0.5, 0.6) is 5.75 Å². The van der Waals surface area contributed by atoms with Crippen LogP contribution in [0.3, 0.4) is 0 Å². The lowest BCUT2D eigenvalue weighted by atomic mass is 10.2. The molecule has 0 unspecified atom stereocenters. The average Bonchev–Trinajstić information content (AvgIpc) is 2.69. The van der Waals surface area contributed by atoms with Gasteiger partial charge in [0, 0.05) is 12.2 Å². The van der Waals surface area contributed by atoms with Crippen molar-refractivity contribution in [3.63, 3.8) is 0 Å². The van der Waals surface area contributed by atoms with Crippen molar-refractivity contribution in [3.8, 4) is 5.75 Å². The van der Waals surface area contributed by atoms with Crippen LogP contribution < -0.4 is 9.64 Å². The molecule has 104 valence electrons. The van der Waals surface area contributed by atoms with E-state index in [1.54, 1.807) is 0 Å². The number of ether oxygens (including phenoxy) is 1. The molecule has 4 heteroatoms. The molecule has 4 nitrogen and oxygen atoms in total. The maximum absolute atomic E-state index is 9.25. The molecule has 0 bridgehead atoms. The van der Waals surface area contributed by atoms with Crippen molar-refractivity contribution < 1.29 is 9.84 Å². The van der Waals surface area contributed by atoms with Crippen LogP contribution in [-0.2, 0) is 6.61 Å². The standard InChI is InChI=1S/C16H18N2O2/c1-12-13(11-19)7-8-16(17-12)18-9-4-10-20-15-6-3-2-5-14(15)18/h2-3,5-8,19H,4,9-11H2,1H3. The molecule has 2 aromatic rings. The molecule has 1 aliphatic rings. The summed E-state index contributed by atoms with van der Waals surface area (Å²) >= 11 is 0. The van der Waals surface area contributed by atoms with Gasteiger partial charge in [-0.05, 0) is 37.1 Å². The van der Waals surface area contributed by atoms with Gasteiger partial charge in [-0.2, -0.15) is 0 Å². The van der Waals surface area contributed by atoms with Crippen molar-refractivity contribution >= 4 is 11.5 Å². The number of aliphatic hydroxyl groups excluding tert-OH is 1. The lowest BCUT2D eigenvalue weighted by molar-refractivity contribution is 0.280. The number of fused-ring (bicyclic) bond motifs is 1. The fraction of sp³-hybridized carbons (Fsp3) is 0.312. The van der Waals surface area contributed by atoms with Gasteiger partial charge < -0.3 is 14.7 Å². The molecule has 20 heavy (non-hydrogen) atoms. The fourth-order valence-corrected chi connectivity index (χ4v) is 2.46. The average molecular weight is 270 g/mol. The number of aryl methyl sites for hydroxylation is 1. The summed E-state index contributed by atoms with van der Waals surface area (Å²) in [5.41, 5.74) is 2.79. The maximum Gasteiger partial charge on any atom is 0.142 e. The van der Waals surface area contributed by atoms with E-state index in [2.05, 4.69) is 16.0 Å². The first-order chi connectivity index (χ1) is 9.79. The zero-order chi connectivity index (χ0) is 13.9. The number of benzene rings is 1. The number of aromatic nitrogens is 1. The third-order valence-corrected chi connectivity index (χ3v) is 3.57. The molecule has 0 radical (unpaired) electrons. The first kappa shape index (κ1) is 12.9. The molecule has 0 saturated carbocycles.